The monoisotopic (exact) mass is 253 g/mol. The lowest BCUT2D eigenvalue weighted by atomic mass is 10.1. The third-order valence-electron chi connectivity index (χ3n) is 2.22. The van der Waals surface area contributed by atoms with Crippen molar-refractivity contribution in [3.8, 4) is 0 Å². The molecule has 0 saturated heterocycles. The van der Waals surface area contributed by atoms with Gasteiger partial charge in [-0.15, -0.1) is 0 Å². The molecule has 5 heteroatoms. The van der Waals surface area contributed by atoms with E-state index >= 15 is 0 Å². The van der Waals surface area contributed by atoms with Crippen LogP contribution in [0.15, 0.2) is 30.3 Å². The van der Waals surface area contributed by atoms with Crippen LogP contribution >= 0.6 is 11.8 Å². The van der Waals surface area contributed by atoms with Gasteiger partial charge in [-0.2, -0.15) is 11.8 Å². The van der Waals surface area contributed by atoms with Crippen LogP contribution in [-0.4, -0.2) is 29.0 Å². The Kier molecular flexibility index (Phi) is 5.56. The standard InChI is InChI=1S/C12H15NO3S/c1-17-8-7-10(14)13-11(12(15)16)9-5-3-2-4-6-9/h2-6,11H,7-8H2,1H3,(H,13,14)(H,15,16)/t11-/m1/s1. The van der Waals surface area contributed by atoms with Gasteiger partial charge in [0.05, 0.1) is 0 Å². The second-order valence-corrected chi connectivity index (χ2v) is 4.48. The van der Waals surface area contributed by atoms with Crippen molar-refractivity contribution in [3.63, 3.8) is 0 Å². The fourth-order valence-electron chi connectivity index (χ4n) is 1.36. The minimum Gasteiger partial charge on any atom is -0.479 e. The predicted molar refractivity (Wildman–Crippen MR) is 68.0 cm³/mol. The van der Waals surface area contributed by atoms with E-state index in [2.05, 4.69) is 5.32 Å². The first kappa shape index (κ1) is 13.6. The van der Waals surface area contributed by atoms with Crippen molar-refractivity contribution in [1.82, 2.24) is 5.32 Å². The summed E-state index contributed by atoms with van der Waals surface area (Å²) in [6.45, 7) is 0. The average molecular weight is 253 g/mol. The van der Waals surface area contributed by atoms with Crippen LogP contribution < -0.4 is 5.32 Å². The van der Waals surface area contributed by atoms with Gasteiger partial charge in [-0.25, -0.2) is 4.79 Å². The van der Waals surface area contributed by atoms with Crippen LogP contribution in [0.3, 0.4) is 0 Å². The minimum atomic E-state index is -1.05. The average Bonchev–Trinajstić information content (AvgIpc) is 2.34. The zero-order valence-corrected chi connectivity index (χ0v) is 10.4. The molecule has 0 spiro atoms. The van der Waals surface area contributed by atoms with E-state index in [4.69, 9.17) is 5.11 Å². The number of hydrogen-bond donors (Lipinski definition) is 2. The number of thioether (sulfide) groups is 1. The van der Waals surface area contributed by atoms with E-state index in [9.17, 15) is 9.59 Å². The fourth-order valence-corrected chi connectivity index (χ4v) is 1.75. The van der Waals surface area contributed by atoms with Crippen molar-refractivity contribution < 1.29 is 14.7 Å². The smallest absolute Gasteiger partial charge is 0.330 e. The van der Waals surface area contributed by atoms with Crippen LogP contribution in [0.25, 0.3) is 0 Å². The molecule has 0 aliphatic heterocycles. The molecule has 2 N–H and O–H groups in total. The molecule has 0 aliphatic rings. The molecule has 1 atom stereocenters. The molecular formula is C12H15NO3S. The first-order chi connectivity index (χ1) is 8.15. The largest absolute Gasteiger partial charge is 0.479 e. The molecule has 0 heterocycles. The molecular weight excluding hydrogens is 238 g/mol. The second kappa shape index (κ2) is 6.96. The minimum absolute atomic E-state index is 0.240. The van der Waals surface area contributed by atoms with E-state index < -0.39 is 12.0 Å². The Morgan fingerprint density at radius 3 is 2.53 bits per heavy atom. The normalized spacial score (nSPS) is 11.8. The van der Waals surface area contributed by atoms with Gasteiger partial charge in [0.1, 0.15) is 0 Å². The third kappa shape index (κ3) is 4.48. The van der Waals surface area contributed by atoms with Gasteiger partial charge < -0.3 is 10.4 Å². The summed E-state index contributed by atoms with van der Waals surface area (Å²) in [6, 6.07) is 7.71. The number of rotatable bonds is 6. The Hall–Kier alpha value is -1.49. The Bertz CT molecular complexity index is 381. The summed E-state index contributed by atoms with van der Waals surface area (Å²) in [5, 5.41) is 11.6. The van der Waals surface area contributed by atoms with Crippen LogP contribution in [0.5, 0.6) is 0 Å². The fraction of sp³-hybridized carbons (Fsp3) is 0.333. The first-order valence-electron chi connectivity index (χ1n) is 5.21. The molecule has 1 aromatic carbocycles. The summed E-state index contributed by atoms with van der Waals surface area (Å²) in [5.74, 6) is -0.600. The zero-order chi connectivity index (χ0) is 12.7. The van der Waals surface area contributed by atoms with Gasteiger partial charge in [0.25, 0.3) is 0 Å². The van der Waals surface area contributed by atoms with E-state index in [0.717, 1.165) is 0 Å². The summed E-state index contributed by atoms with van der Waals surface area (Å²) in [7, 11) is 0. The van der Waals surface area contributed by atoms with Crippen LogP contribution in [0.2, 0.25) is 0 Å². The maximum Gasteiger partial charge on any atom is 0.330 e. The van der Waals surface area contributed by atoms with Crippen molar-refractivity contribution in [1.29, 1.82) is 0 Å². The summed E-state index contributed by atoms with van der Waals surface area (Å²) >= 11 is 1.55. The lowest BCUT2D eigenvalue weighted by molar-refractivity contribution is -0.142. The molecule has 1 amide bonds. The van der Waals surface area contributed by atoms with Crippen molar-refractivity contribution >= 4 is 23.6 Å². The third-order valence-corrected chi connectivity index (χ3v) is 2.83. The maximum absolute atomic E-state index is 11.5. The number of carboxylic acids is 1. The van der Waals surface area contributed by atoms with E-state index in [-0.39, 0.29) is 5.91 Å². The topological polar surface area (TPSA) is 66.4 Å². The van der Waals surface area contributed by atoms with Crippen molar-refractivity contribution in [2.45, 2.75) is 12.5 Å². The second-order valence-electron chi connectivity index (χ2n) is 3.49. The molecule has 1 rings (SSSR count). The van der Waals surface area contributed by atoms with E-state index in [1.165, 1.54) is 0 Å². The Labute approximate surface area is 104 Å². The highest BCUT2D eigenvalue weighted by Crippen LogP contribution is 2.13. The zero-order valence-electron chi connectivity index (χ0n) is 9.55. The van der Waals surface area contributed by atoms with Crippen molar-refractivity contribution in [3.05, 3.63) is 35.9 Å². The number of carbonyl (C=O) groups excluding carboxylic acids is 1. The number of benzene rings is 1. The van der Waals surface area contributed by atoms with Gasteiger partial charge in [0.2, 0.25) is 5.91 Å². The van der Waals surface area contributed by atoms with Gasteiger partial charge in [-0.3, -0.25) is 4.79 Å². The van der Waals surface area contributed by atoms with Crippen LogP contribution in [0, 0.1) is 0 Å². The first-order valence-corrected chi connectivity index (χ1v) is 6.60. The number of amides is 1. The van der Waals surface area contributed by atoms with Crippen molar-refractivity contribution in [2.75, 3.05) is 12.0 Å². The Balaban J connectivity index is 2.68. The molecule has 0 unspecified atom stereocenters. The Morgan fingerprint density at radius 1 is 1.35 bits per heavy atom. The van der Waals surface area contributed by atoms with Gasteiger partial charge in [0, 0.05) is 12.2 Å². The molecule has 0 radical (unpaired) electrons. The maximum atomic E-state index is 11.5. The molecule has 4 nitrogen and oxygen atoms in total. The van der Waals surface area contributed by atoms with Crippen molar-refractivity contribution in [2.24, 2.45) is 0 Å². The number of carboxylic acid groups (broad SMARTS) is 1. The van der Waals surface area contributed by atoms with E-state index in [0.29, 0.717) is 17.7 Å². The molecule has 0 aliphatic carbocycles. The van der Waals surface area contributed by atoms with Gasteiger partial charge in [0.15, 0.2) is 6.04 Å². The summed E-state index contributed by atoms with van der Waals surface area (Å²) in [4.78, 5) is 22.6. The lowest BCUT2D eigenvalue weighted by Gasteiger charge is -2.14. The highest BCUT2D eigenvalue weighted by molar-refractivity contribution is 7.98. The molecule has 92 valence electrons. The predicted octanol–water partition coefficient (Wildman–Crippen LogP) is 1.68. The number of nitrogens with one attached hydrogen (secondary N) is 1. The number of aliphatic carboxylic acids is 1. The van der Waals surface area contributed by atoms with Gasteiger partial charge in [-0.05, 0) is 11.8 Å². The van der Waals surface area contributed by atoms with Gasteiger partial charge in [-0.1, -0.05) is 30.3 Å². The van der Waals surface area contributed by atoms with Crippen LogP contribution in [0.4, 0.5) is 0 Å². The quantitative estimate of drug-likeness (QED) is 0.809. The molecule has 1 aromatic rings. The Morgan fingerprint density at radius 2 is 2.00 bits per heavy atom. The highest BCUT2D eigenvalue weighted by Gasteiger charge is 2.21. The SMILES string of the molecule is CSCCC(=O)N[C@@H](C(=O)O)c1ccccc1. The molecule has 0 bridgehead atoms. The lowest BCUT2D eigenvalue weighted by Crippen LogP contribution is -2.33. The molecule has 17 heavy (non-hydrogen) atoms. The molecule has 0 fully saturated rings. The van der Waals surface area contributed by atoms with E-state index in [1.807, 2.05) is 6.26 Å². The van der Waals surface area contributed by atoms with Crippen LogP contribution in [0.1, 0.15) is 18.0 Å². The van der Waals surface area contributed by atoms with Gasteiger partial charge >= 0.3 is 5.97 Å². The number of hydrogen-bond acceptors (Lipinski definition) is 3. The summed E-state index contributed by atoms with van der Waals surface area (Å²) < 4.78 is 0. The van der Waals surface area contributed by atoms with Crippen LogP contribution in [-0.2, 0) is 9.59 Å². The highest BCUT2D eigenvalue weighted by atomic mass is 32.2. The molecule has 0 aromatic heterocycles. The van der Waals surface area contributed by atoms with E-state index in [1.54, 1.807) is 42.1 Å². The summed E-state index contributed by atoms with van der Waals surface area (Å²) in [6.07, 6.45) is 2.23. The summed E-state index contributed by atoms with van der Waals surface area (Å²) in [5.41, 5.74) is 0.581. The number of carbonyl (C=O) groups is 2. The molecule has 0 saturated carbocycles.